The molecule has 0 saturated heterocycles. The number of rotatable bonds is 6. The zero-order chi connectivity index (χ0) is 22.1. The fraction of sp³-hybridized carbons (Fsp3) is 0.125. The Kier molecular flexibility index (Phi) is 4.95. The fourth-order valence-corrected chi connectivity index (χ4v) is 3.71. The lowest BCUT2D eigenvalue weighted by Gasteiger charge is -2.08. The van der Waals surface area contributed by atoms with Crippen LogP contribution < -0.4 is 15.6 Å². The van der Waals surface area contributed by atoms with Crippen molar-refractivity contribution in [3.8, 4) is 17.0 Å². The summed E-state index contributed by atoms with van der Waals surface area (Å²) in [5, 5.41) is 8.43. The van der Waals surface area contributed by atoms with Gasteiger partial charge < -0.3 is 19.6 Å². The van der Waals surface area contributed by atoms with E-state index in [1.807, 2.05) is 48.7 Å². The number of carbonyl (C=O) groups is 1. The van der Waals surface area contributed by atoms with Crippen molar-refractivity contribution in [3.05, 3.63) is 89.1 Å². The number of nitrogens with zero attached hydrogens (tertiary/aromatic N) is 3. The van der Waals surface area contributed by atoms with Crippen LogP contribution in [0.4, 0.5) is 0 Å². The first-order chi connectivity index (χ1) is 15.6. The van der Waals surface area contributed by atoms with Crippen molar-refractivity contribution in [2.24, 2.45) is 0 Å². The predicted octanol–water partition coefficient (Wildman–Crippen LogP) is 3.08. The van der Waals surface area contributed by atoms with E-state index < -0.39 is 0 Å². The van der Waals surface area contributed by atoms with Crippen molar-refractivity contribution in [1.82, 2.24) is 24.5 Å². The minimum atomic E-state index is -0.180. The number of aromatic amines is 1. The molecule has 3 heterocycles. The number of aromatic nitrogens is 4. The summed E-state index contributed by atoms with van der Waals surface area (Å²) in [5.41, 5.74) is 3.33. The largest absolute Gasteiger partial charge is 0.497 e. The van der Waals surface area contributed by atoms with Crippen LogP contribution in [0.15, 0.2) is 78.0 Å². The minimum absolute atomic E-state index is 0.170. The molecule has 3 aromatic heterocycles. The molecule has 5 rings (SSSR count). The molecule has 2 N–H and O–H groups in total. The van der Waals surface area contributed by atoms with Gasteiger partial charge in [-0.15, -0.1) is 0 Å². The lowest BCUT2D eigenvalue weighted by molar-refractivity contribution is 0.0952. The van der Waals surface area contributed by atoms with Crippen molar-refractivity contribution in [3.63, 3.8) is 0 Å². The second-order valence-corrected chi connectivity index (χ2v) is 7.42. The van der Waals surface area contributed by atoms with Gasteiger partial charge >= 0.3 is 0 Å². The van der Waals surface area contributed by atoms with Crippen molar-refractivity contribution in [1.29, 1.82) is 0 Å². The Morgan fingerprint density at radius 3 is 2.91 bits per heavy atom. The number of methoxy groups -OCH3 is 1. The Morgan fingerprint density at radius 1 is 1.12 bits per heavy atom. The molecule has 0 fully saturated rings. The zero-order valence-electron chi connectivity index (χ0n) is 17.4. The van der Waals surface area contributed by atoms with Gasteiger partial charge in [0.2, 0.25) is 0 Å². The summed E-state index contributed by atoms with van der Waals surface area (Å²) >= 11 is 0. The predicted molar refractivity (Wildman–Crippen MR) is 122 cm³/mol. The topological polar surface area (TPSA) is 93.4 Å². The standard InChI is InChI=1S/C24H21N5O3/c1-32-19-4-2-3-17(13-19)21-15-22-24(31)28(11-12-29(22)27-21)10-9-26-23(30)18-6-5-16-7-8-25-20(16)14-18/h2-8,11-15,25H,9-10H2,1H3,(H,26,30). The number of amides is 1. The van der Waals surface area contributed by atoms with Crippen LogP contribution in [-0.2, 0) is 6.54 Å². The van der Waals surface area contributed by atoms with Crippen LogP contribution in [0.3, 0.4) is 0 Å². The van der Waals surface area contributed by atoms with Gasteiger partial charge in [0.1, 0.15) is 11.3 Å². The number of fused-ring (bicyclic) bond motifs is 2. The summed E-state index contributed by atoms with van der Waals surface area (Å²) in [4.78, 5) is 28.5. The quantitative estimate of drug-likeness (QED) is 0.436. The monoisotopic (exact) mass is 427 g/mol. The van der Waals surface area contributed by atoms with Crippen LogP contribution in [0.25, 0.3) is 27.7 Å². The number of hydrogen-bond acceptors (Lipinski definition) is 4. The molecule has 0 unspecified atom stereocenters. The van der Waals surface area contributed by atoms with Gasteiger partial charge in [-0.25, -0.2) is 4.52 Å². The van der Waals surface area contributed by atoms with Crippen LogP contribution in [-0.4, -0.2) is 38.7 Å². The Morgan fingerprint density at radius 2 is 2.03 bits per heavy atom. The fourth-order valence-electron chi connectivity index (χ4n) is 3.71. The maximum absolute atomic E-state index is 12.9. The first-order valence-electron chi connectivity index (χ1n) is 10.2. The van der Waals surface area contributed by atoms with Crippen LogP contribution in [0.2, 0.25) is 0 Å². The lowest BCUT2D eigenvalue weighted by Crippen LogP contribution is -2.31. The smallest absolute Gasteiger partial charge is 0.276 e. The van der Waals surface area contributed by atoms with Crippen LogP contribution in [0.5, 0.6) is 5.75 Å². The van der Waals surface area contributed by atoms with Crippen LogP contribution in [0, 0.1) is 0 Å². The van der Waals surface area contributed by atoms with Crippen molar-refractivity contribution >= 4 is 22.3 Å². The lowest BCUT2D eigenvalue weighted by atomic mass is 10.1. The third-order valence-corrected chi connectivity index (χ3v) is 5.42. The molecule has 0 radical (unpaired) electrons. The number of carbonyl (C=O) groups excluding carboxylic acids is 1. The van der Waals surface area contributed by atoms with E-state index in [1.165, 1.54) is 0 Å². The summed E-state index contributed by atoms with van der Waals surface area (Å²) in [6, 6.07) is 16.8. The second-order valence-electron chi connectivity index (χ2n) is 7.42. The minimum Gasteiger partial charge on any atom is -0.497 e. The second kappa shape index (κ2) is 8.07. The number of H-pyrrole nitrogens is 1. The van der Waals surface area contributed by atoms with Crippen molar-refractivity contribution in [2.45, 2.75) is 6.54 Å². The molecule has 0 bridgehead atoms. The summed E-state index contributed by atoms with van der Waals surface area (Å²) in [5.74, 6) is 0.545. The van der Waals surface area contributed by atoms with E-state index in [-0.39, 0.29) is 11.5 Å². The highest BCUT2D eigenvalue weighted by atomic mass is 16.5. The molecule has 0 aliphatic carbocycles. The number of nitrogens with one attached hydrogen (secondary N) is 2. The van der Waals surface area contributed by atoms with Gasteiger partial charge in [0.25, 0.3) is 11.5 Å². The van der Waals surface area contributed by atoms with Gasteiger partial charge in [0.15, 0.2) is 0 Å². The first kappa shape index (κ1) is 19.6. The number of benzene rings is 2. The zero-order valence-corrected chi connectivity index (χ0v) is 17.4. The van der Waals surface area contributed by atoms with E-state index in [0.29, 0.717) is 29.9 Å². The van der Waals surface area contributed by atoms with E-state index in [2.05, 4.69) is 15.4 Å². The molecule has 32 heavy (non-hydrogen) atoms. The molecule has 5 aromatic rings. The third kappa shape index (κ3) is 3.62. The van der Waals surface area contributed by atoms with Gasteiger partial charge in [0.05, 0.1) is 12.8 Å². The molecule has 8 heteroatoms. The highest BCUT2D eigenvalue weighted by Gasteiger charge is 2.11. The Bertz CT molecular complexity index is 1490. The molecule has 0 spiro atoms. The number of hydrogen-bond donors (Lipinski definition) is 2. The molecule has 1 amide bonds. The first-order valence-corrected chi connectivity index (χ1v) is 10.2. The van der Waals surface area contributed by atoms with E-state index in [0.717, 1.165) is 22.2 Å². The molecule has 2 aromatic carbocycles. The van der Waals surface area contributed by atoms with Crippen molar-refractivity contribution in [2.75, 3.05) is 13.7 Å². The Hall–Kier alpha value is -4.33. The van der Waals surface area contributed by atoms with Gasteiger partial charge in [-0.3, -0.25) is 9.59 Å². The highest BCUT2D eigenvalue weighted by Crippen LogP contribution is 2.23. The molecule has 0 saturated carbocycles. The van der Waals surface area contributed by atoms with Gasteiger partial charge in [0, 0.05) is 48.3 Å². The van der Waals surface area contributed by atoms with Gasteiger partial charge in [-0.2, -0.15) is 5.10 Å². The van der Waals surface area contributed by atoms with Crippen molar-refractivity contribution < 1.29 is 9.53 Å². The van der Waals surface area contributed by atoms with Gasteiger partial charge in [-0.05, 0) is 41.8 Å². The average molecular weight is 427 g/mol. The molecule has 160 valence electrons. The summed E-state index contributed by atoms with van der Waals surface area (Å²) in [6.45, 7) is 0.681. The van der Waals surface area contributed by atoms with E-state index >= 15 is 0 Å². The SMILES string of the molecule is COc1cccc(-c2cc3c(=O)n(CCNC(=O)c4ccc5cc[nH]c5c4)ccn3n2)c1. The molecule has 8 nitrogen and oxygen atoms in total. The van der Waals surface area contributed by atoms with E-state index in [1.54, 1.807) is 40.7 Å². The molecule has 0 atom stereocenters. The summed E-state index contributed by atoms with van der Waals surface area (Å²) in [6.07, 6.45) is 5.25. The highest BCUT2D eigenvalue weighted by molar-refractivity contribution is 5.97. The number of ether oxygens (including phenoxy) is 1. The van der Waals surface area contributed by atoms with E-state index in [9.17, 15) is 9.59 Å². The summed E-state index contributed by atoms with van der Waals surface area (Å²) < 4.78 is 8.41. The molecular weight excluding hydrogens is 406 g/mol. The molecule has 0 aliphatic heterocycles. The van der Waals surface area contributed by atoms with Crippen LogP contribution in [0.1, 0.15) is 10.4 Å². The normalized spacial score (nSPS) is 11.2. The molecular formula is C24H21N5O3. The molecule has 0 aliphatic rings. The maximum atomic E-state index is 12.9. The Balaban J connectivity index is 1.31. The third-order valence-electron chi connectivity index (χ3n) is 5.42. The van der Waals surface area contributed by atoms with Gasteiger partial charge in [-0.1, -0.05) is 18.2 Å². The Labute approximate surface area is 183 Å². The maximum Gasteiger partial charge on any atom is 0.276 e. The van der Waals surface area contributed by atoms with E-state index in [4.69, 9.17) is 4.74 Å². The average Bonchev–Trinajstić information content (AvgIpc) is 3.47. The van der Waals surface area contributed by atoms with Crippen LogP contribution >= 0.6 is 0 Å². The summed E-state index contributed by atoms with van der Waals surface area (Å²) in [7, 11) is 1.61.